The molecule has 35 heavy (non-hydrogen) atoms. The number of carbonyl (C=O) groups excluding carboxylic acids is 4. The average molecular weight is 503 g/mol. The largest absolute Gasteiger partial charge is 0.461 e. The normalized spacial score (nSPS) is 12.7. The third kappa shape index (κ3) is 10.6. The molecule has 0 saturated heterocycles. The molecular weight excluding hydrogens is 472 g/mol. The van der Waals surface area contributed by atoms with E-state index in [0.717, 1.165) is 11.1 Å². The lowest BCUT2D eigenvalue weighted by atomic mass is 10.0. The van der Waals surface area contributed by atoms with Gasteiger partial charge in [-0.05, 0) is 38.3 Å². The number of Topliss-reactive ketones (excluding diaryl/α,β-unsaturated/α-hetero) is 1. The van der Waals surface area contributed by atoms with E-state index in [0.29, 0.717) is 0 Å². The van der Waals surface area contributed by atoms with E-state index in [2.05, 4.69) is 10.6 Å². The van der Waals surface area contributed by atoms with Crippen LogP contribution in [0, 0.1) is 0 Å². The molecule has 0 unspecified atom stereocenters. The van der Waals surface area contributed by atoms with Crippen LogP contribution >= 0.6 is 11.6 Å². The summed E-state index contributed by atoms with van der Waals surface area (Å²) >= 11 is 5.75. The van der Waals surface area contributed by atoms with Crippen molar-refractivity contribution in [3.63, 3.8) is 0 Å². The van der Waals surface area contributed by atoms with Crippen LogP contribution in [0.2, 0.25) is 0 Å². The molecule has 0 aliphatic carbocycles. The minimum absolute atomic E-state index is 0.0157. The number of benzene rings is 2. The average Bonchev–Trinajstić information content (AvgIpc) is 2.81. The Bertz CT molecular complexity index is 992. The highest BCUT2D eigenvalue weighted by Gasteiger charge is 2.30. The number of carbonyl (C=O) groups is 4. The van der Waals surface area contributed by atoms with Crippen molar-refractivity contribution in [1.29, 1.82) is 0 Å². The first kappa shape index (κ1) is 27.9. The number of alkyl halides is 1. The molecule has 0 aliphatic rings. The molecule has 0 aromatic heterocycles. The lowest BCUT2D eigenvalue weighted by Gasteiger charge is -2.24. The molecule has 0 heterocycles. The third-order valence-electron chi connectivity index (χ3n) is 4.74. The van der Waals surface area contributed by atoms with Gasteiger partial charge in [0.1, 0.15) is 18.2 Å². The predicted molar refractivity (Wildman–Crippen MR) is 132 cm³/mol. The fourth-order valence-corrected chi connectivity index (χ4v) is 3.27. The van der Waals surface area contributed by atoms with E-state index in [4.69, 9.17) is 21.1 Å². The highest BCUT2D eigenvalue weighted by Crippen LogP contribution is 2.10. The van der Waals surface area contributed by atoms with Crippen molar-refractivity contribution >= 4 is 35.4 Å². The zero-order valence-electron chi connectivity index (χ0n) is 20.1. The van der Waals surface area contributed by atoms with Crippen molar-refractivity contribution in [1.82, 2.24) is 10.6 Å². The van der Waals surface area contributed by atoms with Crippen molar-refractivity contribution < 1.29 is 28.7 Å². The van der Waals surface area contributed by atoms with E-state index < -0.39 is 47.9 Å². The van der Waals surface area contributed by atoms with E-state index in [1.54, 1.807) is 32.9 Å². The number of halogens is 1. The van der Waals surface area contributed by atoms with E-state index in [1.165, 1.54) is 0 Å². The van der Waals surface area contributed by atoms with Gasteiger partial charge in [-0.2, -0.15) is 0 Å². The zero-order chi connectivity index (χ0) is 25.8. The topological polar surface area (TPSA) is 111 Å². The second-order valence-electron chi connectivity index (χ2n) is 8.90. The van der Waals surface area contributed by atoms with E-state index in [-0.39, 0.29) is 18.9 Å². The second-order valence-corrected chi connectivity index (χ2v) is 9.17. The standard InChI is InChI=1S/C26H31ClN2O6/c1-26(2,3)35-25(33)29-21(15-23(31)34-17-19-12-8-5-9-13-19)24(32)28-20(22(30)16-27)14-18-10-6-4-7-11-18/h4-13,20-21H,14-17H2,1-3H3,(H,28,32)(H,29,33)/t20-,21-/m0/s1. The van der Waals surface area contributed by atoms with Gasteiger partial charge in [0.2, 0.25) is 5.91 Å². The third-order valence-corrected chi connectivity index (χ3v) is 5.00. The number of alkyl carbamates (subject to hydrolysis) is 1. The number of hydrogen-bond acceptors (Lipinski definition) is 6. The lowest BCUT2D eigenvalue weighted by Crippen LogP contribution is -2.53. The number of nitrogens with one attached hydrogen (secondary N) is 2. The van der Waals surface area contributed by atoms with Crippen LogP contribution in [0.25, 0.3) is 0 Å². The highest BCUT2D eigenvalue weighted by atomic mass is 35.5. The molecule has 2 amide bonds. The Hall–Kier alpha value is -3.39. The Morgan fingerprint density at radius 1 is 0.857 bits per heavy atom. The van der Waals surface area contributed by atoms with Crippen LogP contribution in [0.5, 0.6) is 0 Å². The molecule has 0 spiro atoms. The maximum Gasteiger partial charge on any atom is 0.408 e. The molecule has 0 bridgehead atoms. The number of ketones is 1. The van der Waals surface area contributed by atoms with Crippen LogP contribution in [0.15, 0.2) is 60.7 Å². The van der Waals surface area contributed by atoms with Crippen molar-refractivity contribution in [2.75, 3.05) is 5.88 Å². The van der Waals surface area contributed by atoms with Crippen LogP contribution in [-0.4, -0.2) is 47.3 Å². The molecule has 8 nitrogen and oxygen atoms in total. The van der Waals surface area contributed by atoms with Crippen LogP contribution in [0.1, 0.15) is 38.3 Å². The van der Waals surface area contributed by atoms with Gasteiger partial charge in [0, 0.05) is 0 Å². The second kappa shape index (κ2) is 13.5. The van der Waals surface area contributed by atoms with Crippen LogP contribution in [0.4, 0.5) is 4.79 Å². The van der Waals surface area contributed by atoms with Crippen molar-refractivity contribution in [3.05, 3.63) is 71.8 Å². The van der Waals surface area contributed by atoms with Gasteiger partial charge < -0.3 is 20.1 Å². The number of amides is 2. The first-order valence-corrected chi connectivity index (χ1v) is 11.7. The Morgan fingerprint density at radius 2 is 1.43 bits per heavy atom. The van der Waals surface area contributed by atoms with Gasteiger partial charge in [-0.15, -0.1) is 11.6 Å². The summed E-state index contributed by atoms with van der Waals surface area (Å²) < 4.78 is 10.5. The summed E-state index contributed by atoms with van der Waals surface area (Å²) in [7, 11) is 0. The number of rotatable bonds is 11. The van der Waals surface area contributed by atoms with E-state index in [9.17, 15) is 19.2 Å². The smallest absolute Gasteiger partial charge is 0.408 e. The highest BCUT2D eigenvalue weighted by molar-refractivity contribution is 6.28. The van der Waals surface area contributed by atoms with Gasteiger partial charge in [0.15, 0.2) is 5.78 Å². The zero-order valence-corrected chi connectivity index (χ0v) is 20.8. The molecule has 2 rings (SSSR count). The monoisotopic (exact) mass is 502 g/mol. The summed E-state index contributed by atoms with van der Waals surface area (Å²) in [5.74, 6) is -2.13. The van der Waals surface area contributed by atoms with Crippen LogP contribution in [0.3, 0.4) is 0 Å². The molecule has 2 aromatic carbocycles. The van der Waals surface area contributed by atoms with Gasteiger partial charge in [-0.25, -0.2) is 4.79 Å². The van der Waals surface area contributed by atoms with Crippen molar-refractivity contribution in [3.8, 4) is 0 Å². The molecule has 0 aliphatic heterocycles. The van der Waals surface area contributed by atoms with Gasteiger partial charge in [-0.1, -0.05) is 60.7 Å². The number of esters is 1. The lowest BCUT2D eigenvalue weighted by molar-refractivity contribution is -0.147. The fraction of sp³-hybridized carbons (Fsp3) is 0.385. The maximum atomic E-state index is 13.1. The summed E-state index contributed by atoms with van der Waals surface area (Å²) in [5, 5.41) is 5.02. The van der Waals surface area contributed by atoms with Gasteiger partial charge in [0.25, 0.3) is 0 Å². The number of hydrogen-bond donors (Lipinski definition) is 2. The number of ether oxygens (including phenoxy) is 2. The van der Waals surface area contributed by atoms with Gasteiger partial charge >= 0.3 is 12.1 Å². The molecular formula is C26H31ClN2O6. The summed E-state index contributed by atoms with van der Waals surface area (Å²) in [6.07, 6.45) is -1.13. The Kier molecular flexibility index (Phi) is 10.7. The molecule has 2 atom stereocenters. The predicted octanol–water partition coefficient (Wildman–Crippen LogP) is 3.55. The van der Waals surface area contributed by atoms with Gasteiger partial charge in [-0.3, -0.25) is 14.4 Å². The first-order chi connectivity index (χ1) is 16.6. The minimum atomic E-state index is -1.32. The summed E-state index contributed by atoms with van der Waals surface area (Å²) in [4.78, 5) is 50.3. The molecule has 0 fully saturated rings. The van der Waals surface area contributed by atoms with Gasteiger partial charge in [0.05, 0.1) is 18.3 Å². The Labute approximate surface area is 210 Å². The van der Waals surface area contributed by atoms with E-state index >= 15 is 0 Å². The Balaban J connectivity index is 2.12. The molecule has 0 radical (unpaired) electrons. The summed E-state index contributed by atoms with van der Waals surface area (Å²) in [5.41, 5.74) is 0.774. The molecule has 0 saturated carbocycles. The summed E-state index contributed by atoms with van der Waals surface area (Å²) in [6, 6.07) is 15.9. The molecule has 2 aromatic rings. The van der Waals surface area contributed by atoms with Crippen LogP contribution < -0.4 is 10.6 Å². The first-order valence-electron chi connectivity index (χ1n) is 11.2. The maximum absolute atomic E-state index is 13.1. The van der Waals surface area contributed by atoms with Crippen LogP contribution in [-0.2, 0) is 36.9 Å². The summed E-state index contributed by atoms with van der Waals surface area (Å²) in [6.45, 7) is 5.03. The minimum Gasteiger partial charge on any atom is -0.461 e. The Morgan fingerprint density at radius 3 is 1.97 bits per heavy atom. The molecule has 188 valence electrons. The molecule has 2 N–H and O–H groups in total. The van der Waals surface area contributed by atoms with Crippen molar-refractivity contribution in [2.24, 2.45) is 0 Å². The fourth-order valence-electron chi connectivity index (χ4n) is 3.08. The molecule has 9 heteroatoms. The SMILES string of the molecule is CC(C)(C)OC(=O)N[C@@H](CC(=O)OCc1ccccc1)C(=O)N[C@@H](Cc1ccccc1)C(=O)CCl. The quantitative estimate of drug-likeness (QED) is 0.359. The van der Waals surface area contributed by atoms with E-state index in [1.807, 2.05) is 48.5 Å². The van der Waals surface area contributed by atoms with Crippen molar-refractivity contribution in [2.45, 2.75) is 57.9 Å².